The number of amides is 2. The van der Waals surface area contributed by atoms with Gasteiger partial charge in [-0.1, -0.05) is 30.0 Å². The standard InChI is InChI=1S/C21H26N6O4S/c1-4-11-26-19(30)15-8-5-6-9-16(15)27-20(26)23-24-21(27)32-14-18(29)25(2)13-17(28)22-10-7-12-31-3/h4-6,8-9H,1,7,10-14H2,2-3H3,(H,22,28). The number of aromatic nitrogens is 4. The van der Waals surface area contributed by atoms with Gasteiger partial charge in [0.2, 0.25) is 17.6 Å². The average molecular weight is 459 g/mol. The molecule has 0 bridgehead atoms. The molecule has 3 aromatic rings. The minimum absolute atomic E-state index is 0.0330. The summed E-state index contributed by atoms with van der Waals surface area (Å²) in [4.78, 5) is 38.7. The van der Waals surface area contributed by atoms with Crippen molar-refractivity contribution in [2.75, 3.05) is 39.6 Å². The van der Waals surface area contributed by atoms with Crippen LogP contribution in [0.25, 0.3) is 16.7 Å². The molecule has 2 aromatic heterocycles. The van der Waals surface area contributed by atoms with Gasteiger partial charge in [0.25, 0.3) is 5.56 Å². The Labute approximate surface area is 189 Å². The molecule has 10 nitrogen and oxygen atoms in total. The molecule has 32 heavy (non-hydrogen) atoms. The molecule has 0 saturated carbocycles. The maximum atomic E-state index is 12.8. The number of para-hydroxylation sites is 1. The summed E-state index contributed by atoms with van der Waals surface area (Å²) in [5.41, 5.74) is 0.487. The Morgan fingerprint density at radius 1 is 1.31 bits per heavy atom. The summed E-state index contributed by atoms with van der Waals surface area (Å²) in [6.07, 6.45) is 2.33. The summed E-state index contributed by atoms with van der Waals surface area (Å²) < 4.78 is 8.20. The molecule has 2 amide bonds. The maximum absolute atomic E-state index is 12.8. The molecule has 1 aromatic carbocycles. The molecule has 0 radical (unpaired) electrons. The predicted molar refractivity (Wildman–Crippen MR) is 123 cm³/mol. The molecule has 11 heteroatoms. The Bertz CT molecular complexity index is 1190. The van der Waals surface area contributed by atoms with Crippen LogP contribution in [0.3, 0.4) is 0 Å². The molecule has 0 aliphatic rings. The van der Waals surface area contributed by atoms with Crippen LogP contribution in [-0.4, -0.2) is 75.5 Å². The fourth-order valence-corrected chi connectivity index (χ4v) is 4.04. The molecule has 1 N–H and O–H groups in total. The van der Waals surface area contributed by atoms with Gasteiger partial charge >= 0.3 is 0 Å². The van der Waals surface area contributed by atoms with Gasteiger partial charge in [-0.25, -0.2) is 0 Å². The molecule has 0 spiro atoms. The number of nitrogens with one attached hydrogen (secondary N) is 1. The Morgan fingerprint density at radius 2 is 2.09 bits per heavy atom. The Hall–Kier alpha value is -3.18. The molecule has 170 valence electrons. The van der Waals surface area contributed by atoms with Gasteiger partial charge in [-0.05, 0) is 18.6 Å². The number of methoxy groups -OCH3 is 1. The number of rotatable bonds is 11. The summed E-state index contributed by atoms with van der Waals surface area (Å²) in [5.74, 6) is 0.00699. The average Bonchev–Trinajstić information content (AvgIpc) is 3.21. The Kier molecular flexibility index (Phi) is 8.01. The van der Waals surface area contributed by atoms with Crippen molar-refractivity contribution in [1.29, 1.82) is 0 Å². The minimum atomic E-state index is -0.227. The van der Waals surface area contributed by atoms with E-state index in [2.05, 4.69) is 22.1 Å². The summed E-state index contributed by atoms with van der Waals surface area (Å²) in [7, 11) is 3.18. The van der Waals surface area contributed by atoms with Crippen LogP contribution in [0.1, 0.15) is 6.42 Å². The van der Waals surface area contributed by atoms with Gasteiger partial charge in [-0.15, -0.1) is 16.8 Å². The lowest BCUT2D eigenvalue weighted by atomic mass is 10.2. The number of benzene rings is 1. The van der Waals surface area contributed by atoms with Gasteiger partial charge in [-0.3, -0.25) is 23.4 Å². The minimum Gasteiger partial charge on any atom is -0.385 e. The van der Waals surface area contributed by atoms with Crippen LogP contribution in [0, 0.1) is 0 Å². The van der Waals surface area contributed by atoms with E-state index in [1.165, 1.54) is 21.2 Å². The highest BCUT2D eigenvalue weighted by atomic mass is 32.2. The molecule has 0 unspecified atom stereocenters. The third-order valence-corrected chi connectivity index (χ3v) is 5.68. The topological polar surface area (TPSA) is 111 Å². The molecular weight excluding hydrogens is 432 g/mol. The van der Waals surface area contributed by atoms with E-state index in [1.54, 1.807) is 36.8 Å². The number of ether oxygens (including phenoxy) is 1. The van der Waals surface area contributed by atoms with E-state index in [0.717, 1.165) is 0 Å². The number of likely N-dealkylation sites (N-methyl/N-ethyl adjacent to an activating group) is 1. The molecule has 3 rings (SSSR count). The normalized spacial score (nSPS) is 11.1. The monoisotopic (exact) mass is 458 g/mol. The molecule has 0 aliphatic carbocycles. The number of fused-ring (bicyclic) bond motifs is 3. The number of allylic oxidation sites excluding steroid dienone is 1. The van der Waals surface area contributed by atoms with Crippen molar-refractivity contribution in [1.82, 2.24) is 29.4 Å². The quantitative estimate of drug-likeness (QED) is 0.259. The van der Waals surface area contributed by atoms with Gasteiger partial charge in [0, 0.05) is 33.9 Å². The van der Waals surface area contributed by atoms with Crippen molar-refractivity contribution >= 4 is 40.3 Å². The van der Waals surface area contributed by atoms with E-state index >= 15 is 0 Å². The van der Waals surface area contributed by atoms with Gasteiger partial charge in [-0.2, -0.15) is 0 Å². The Morgan fingerprint density at radius 3 is 2.84 bits per heavy atom. The van der Waals surface area contributed by atoms with Crippen LogP contribution in [0.2, 0.25) is 0 Å². The van der Waals surface area contributed by atoms with E-state index in [9.17, 15) is 14.4 Å². The number of carbonyl (C=O) groups excluding carboxylic acids is 2. The van der Waals surface area contributed by atoms with Crippen molar-refractivity contribution in [2.45, 2.75) is 18.1 Å². The van der Waals surface area contributed by atoms with E-state index in [1.807, 2.05) is 12.1 Å². The second-order valence-electron chi connectivity index (χ2n) is 7.07. The zero-order valence-corrected chi connectivity index (χ0v) is 18.9. The number of hydrogen-bond acceptors (Lipinski definition) is 7. The zero-order valence-electron chi connectivity index (χ0n) is 18.1. The van der Waals surface area contributed by atoms with Crippen LogP contribution >= 0.6 is 11.8 Å². The second kappa shape index (κ2) is 10.9. The fourth-order valence-electron chi connectivity index (χ4n) is 3.16. The lowest BCUT2D eigenvalue weighted by Gasteiger charge is -2.16. The summed E-state index contributed by atoms with van der Waals surface area (Å²) >= 11 is 1.20. The first-order valence-electron chi connectivity index (χ1n) is 10.1. The van der Waals surface area contributed by atoms with Crippen molar-refractivity contribution in [3.8, 4) is 0 Å². The van der Waals surface area contributed by atoms with Crippen molar-refractivity contribution in [3.63, 3.8) is 0 Å². The van der Waals surface area contributed by atoms with Gasteiger partial charge in [0.15, 0.2) is 5.16 Å². The van der Waals surface area contributed by atoms with Crippen LogP contribution < -0.4 is 10.9 Å². The third kappa shape index (κ3) is 5.17. The van der Waals surface area contributed by atoms with Gasteiger partial charge < -0.3 is 15.0 Å². The smallest absolute Gasteiger partial charge is 0.263 e. The number of carbonyl (C=O) groups is 2. The van der Waals surface area contributed by atoms with Crippen molar-refractivity contribution in [3.05, 3.63) is 47.3 Å². The summed E-state index contributed by atoms with van der Waals surface area (Å²) in [6.45, 7) is 5.02. The molecule has 2 heterocycles. The van der Waals surface area contributed by atoms with E-state index in [-0.39, 0.29) is 36.2 Å². The summed E-state index contributed by atoms with van der Waals surface area (Å²) in [5, 5.41) is 12.1. The lowest BCUT2D eigenvalue weighted by molar-refractivity contribution is -0.132. The van der Waals surface area contributed by atoms with Crippen LogP contribution in [0.15, 0.2) is 46.9 Å². The largest absolute Gasteiger partial charge is 0.385 e. The molecular formula is C21H26N6O4S. The first kappa shape index (κ1) is 23.5. The molecule has 0 aliphatic heterocycles. The molecule has 0 atom stereocenters. The predicted octanol–water partition coefficient (Wildman–Crippen LogP) is 0.933. The van der Waals surface area contributed by atoms with Crippen LogP contribution in [0.4, 0.5) is 0 Å². The number of nitrogens with zero attached hydrogens (tertiary/aromatic N) is 5. The highest BCUT2D eigenvalue weighted by Gasteiger charge is 2.19. The first-order valence-corrected chi connectivity index (χ1v) is 11.1. The lowest BCUT2D eigenvalue weighted by Crippen LogP contribution is -2.39. The zero-order chi connectivity index (χ0) is 23.1. The number of thioether (sulfide) groups is 1. The number of hydrogen-bond donors (Lipinski definition) is 1. The SMILES string of the molecule is C=CCn1c(=O)c2ccccc2n2c(SCC(=O)N(C)CC(=O)NCCCOC)nnc12. The van der Waals surface area contributed by atoms with E-state index in [4.69, 9.17) is 4.74 Å². The molecule has 0 fully saturated rings. The van der Waals surface area contributed by atoms with E-state index < -0.39 is 0 Å². The van der Waals surface area contributed by atoms with E-state index in [0.29, 0.717) is 41.4 Å². The van der Waals surface area contributed by atoms with Crippen molar-refractivity contribution in [2.24, 2.45) is 0 Å². The van der Waals surface area contributed by atoms with Crippen molar-refractivity contribution < 1.29 is 14.3 Å². The fraction of sp³-hybridized carbons (Fsp3) is 0.381. The highest BCUT2D eigenvalue weighted by molar-refractivity contribution is 7.99. The van der Waals surface area contributed by atoms with Crippen LogP contribution in [0.5, 0.6) is 0 Å². The maximum Gasteiger partial charge on any atom is 0.263 e. The van der Waals surface area contributed by atoms with Gasteiger partial charge in [0.05, 0.1) is 23.2 Å². The first-order chi connectivity index (χ1) is 15.5. The third-order valence-electron chi connectivity index (χ3n) is 4.77. The summed E-state index contributed by atoms with van der Waals surface area (Å²) in [6, 6.07) is 7.19. The molecule has 0 saturated heterocycles. The van der Waals surface area contributed by atoms with Crippen LogP contribution in [-0.2, 0) is 20.9 Å². The Balaban J connectivity index is 1.74. The second-order valence-corrected chi connectivity index (χ2v) is 8.02. The van der Waals surface area contributed by atoms with Gasteiger partial charge in [0.1, 0.15) is 0 Å². The highest BCUT2D eigenvalue weighted by Crippen LogP contribution is 2.21.